The number of anilines is 1. The molecule has 1 saturated heterocycles. The molecule has 0 bridgehead atoms. The molecule has 1 fully saturated rings. The summed E-state index contributed by atoms with van der Waals surface area (Å²) in [5.74, 6) is 0.192. The van der Waals surface area contributed by atoms with Crippen LogP contribution in [-0.2, 0) is 10.9 Å². The van der Waals surface area contributed by atoms with Crippen LogP contribution in [0.2, 0.25) is 0 Å². The number of halogens is 3. The molecule has 0 aliphatic carbocycles. The van der Waals surface area contributed by atoms with Crippen molar-refractivity contribution in [1.82, 2.24) is 0 Å². The van der Waals surface area contributed by atoms with Crippen LogP contribution in [0.1, 0.15) is 32.3 Å². The molecule has 3 nitrogen and oxygen atoms in total. The van der Waals surface area contributed by atoms with E-state index in [1.165, 1.54) is 12.1 Å². The average Bonchev–Trinajstić information content (AvgIpc) is 2.29. The van der Waals surface area contributed by atoms with Crippen molar-refractivity contribution in [3.63, 3.8) is 0 Å². The van der Waals surface area contributed by atoms with Gasteiger partial charge in [0.2, 0.25) is 0 Å². The van der Waals surface area contributed by atoms with Gasteiger partial charge in [0, 0.05) is 18.5 Å². The number of hydrogen-bond donors (Lipinski definition) is 1. The summed E-state index contributed by atoms with van der Waals surface area (Å²) in [6.07, 6.45) is -3.20. The first kappa shape index (κ1) is 15.0. The maximum Gasteiger partial charge on any atom is 0.418 e. The van der Waals surface area contributed by atoms with Gasteiger partial charge in [-0.1, -0.05) is 0 Å². The quantitative estimate of drug-likeness (QED) is 0.846. The summed E-state index contributed by atoms with van der Waals surface area (Å²) in [4.78, 5) is 0. The predicted molar refractivity (Wildman–Crippen MR) is 69.5 cm³/mol. The highest BCUT2D eigenvalue weighted by atomic mass is 19.4. The third-order valence-corrected chi connectivity index (χ3v) is 3.29. The van der Waals surface area contributed by atoms with E-state index in [0.717, 1.165) is 6.07 Å². The topological polar surface area (TPSA) is 44.5 Å². The van der Waals surface area contributed by atoms with Gasteiger partial charge in [-0.15, -0.1) is 0 Å². The number of nitrogen functional groups attached to an aromatic ring is 1. The Labute approximate surface area is 115 Å². The van der Waals surface area contributed by atoms with Gasteiger partial charge in [-0.25, -0.2) is 0 Å². The molecule has 0 amide bonds. The summed E-state index contributed by atoms with van der Waals surface area (Å²) in [5.41, 5.74) is 4.21. The van der Waals surface area contributed by atoms with Crippen LogP contribution >= 0.6 is 0 Å². The fourth-order valence-electron chi connectivity index (χ4n) is 2.49. The maximum absolute atomic E-state index is 12.8. The van der Waals surface area contributed by atoms with Gasteiger partial charge in [0.25, 0.3) is 0 Å². The molecule has 1 heterocycles. The lowest BCUT2D eigenvalue weighted by molar-refractivity contribution is -0.137. The first-order chi connectivity index (χ1) is 9.25. The third-order valence-electron chi connectivity index (χ3n) is 3.29. The molecule has 1 aromatic carbocycles. The van der Waals surface area contributed by atoms with Crippen molar-refractivity contribution < 1.29 is 22.6 Å². The smallest absolute Gasteiger partial charge is 0.418 e. The van der Waals surface area contributed by atoms with E-state index in [-0.39, 0.29) is 29.7 Å². The van der Waals surface area contributed by atoms with E-state index < -0.39 is 11.7 Å². The lowest BCUT2D eigenvalue weighted by atomic mass is 10.0. The predicted octanol–water partition coefficient (Wildman–Crippen LogP) is 3.62. The molecule has 2 N–H and O–H groups in total. The molecule has 2 atom stereocenters. The zero-order chi connectivity index (χ0) is 14.9. The van der Waals surface area contributed by atoms with Crippen LogP contribution in [0, 0.1) is 0 Å². The van der Waals surface area contributed by atoms with Crippen molar-refractivity contribution in [2.24, 2.45) is 0 Å². The molecule has 0 saturated carbocycles. The van der Waals surface area contributed by atoms with E-state index in [2.05, 4.69) is 0 Å². The van der Waals surface area contributed by atoms with Crippen LogP contribution in [0.15, 0.2) is 18.2 Å². The SMILES string of the molecule is CC1CC(Oc2ccc(N)c(C(F)(F)F)c2)CC(C)O1. The molecular formula is C14H18F3NO2. The first-order valence-electron chi connectivity index (χ1n) is 6.54. The fraction of sp³-hybridized carbons (Fsp3) is 0.571. The Hall–Kier alpha value is -1.43. The van der Waals surface area contributed by atoms with E-state index in [1.807, 2.05) is 13.8 Å². The van der Waals surface area contributed by atoms with Gasteiger partial charge in [-0.2, -0.15) is 13.2 Å². The summed E-state index contributed by atoms with van der Waals surface area (Å²) in [5, 5.41) is 0. The summed E-state index contributed by atoms with van der Waals surface area (Å²) >= 11 is 0. The molecule has 20 heavy (non-hydrogen) atoms. The number of ether oxygens (including phenoxy) is 2. The van der Waals surface area contributed by atoms with Crippen LogP contribution in [0.5, 0.6) is 5.75 Å². The zero-order valence-corrected chi connectivity index (χ0v) is 11.4. The van der Waals surface area contributed by atoms with Gasteiger partial charge in [-0.3, -0.25) is 0 Å². The normalized spacial score (nSPS) is 27.4. The Balaban J connectivity index is 2.14. The minimum atomic E-state index is -4.47. The maximum atomic E-state index is 12.8. The molecule has 0 aromatic heterocycles. The molecule has 1 aliphatic heterocycles. The van der Waals surface area contributed by atoms with Gasteiger partial charge >= 0.3 is 6.18 Å². The van der Waals surface area contributed by atoms with Crippen molar-refractivity contribution in [2.75, 3.05) is 5.73 Å². The van der Waals surface area contributed by atoms with Crippen molar-refractivity contribution >= 4 is 5.69 Å². The van der Waals surface area contributed by atoms with Crippen molar-refractivity contribution in [3.8, 4) is 5.75 Å². The van der Waals surface area contributed by atoms with Crippen molar-refractivity contribution in [3.05, 3.63) is 23.8 Å². The Kier molecular flexibility index (Phi) is 4.13. The van der Waals surface area contributed by atoms with Crippen molar-refractivity contribution in [2.45, 2.75) is 51.2 Å². The second-order valence-electron chi connectivity index (χ2n) is 5.22. The van der Waals surface area contributed by atoms with Gasteiger partial charge in [0.1, 0.15) is 11.9 Å². The Morgan fingerprint density at radius 3 is 2.35 bits per heavy atom. The van der Waals surface area contributed by atoms with Crippen molar-refractivity contribution in [1.29, 1.82) is 0 Å². The third kappa shape index (κ3) is 3.56. The standard InChI is InChI=1S/C14H18F3NO2/c1-8-5-11(6-9(2)19-8)20-10-3-4-13(18)12(7-10)14(15,16)17/h3-4,7-9,11H,5-6,18H2,1-2H3. The van der Waals surface area contributed by atoms with Crippen LogP contribution in [0.25, 0.3) is 0 Å². The molecule has 0 radical (unpaired) electrons. The van der Waals surface area contributed by atoms with E-state index in [0.29, 0.717) is 12.8 Å². The van der Waals surface area contributed by atoms with Gasteiger partial charge in [0.05, 0.1) is 17.8 Å². The Bertz CT molecular complexity index is 466. The van der Waals surface area contributed by atoms with Crippen LogP contribution < -0.4 is 10.5 Å². The van der Waals surface area contributed by atoms with E-state index in [9.17, 15) is 13.2 Å². The minimum Gasteiger partial charge on any atom is -0.490 e. The Morgan fingerprint density at radius 1 is 1.20 bits per heavy atom. The number of alkyl halides is 3. The molecular weight excluding hydrogens is 271 g/mol. The molecule has 2 unspecified atom stereocenters. The highest BCUT2D eigenvalue weighted by Gasteiger charge is 2.34. The molecule has 6 heteroatoms. The highest BCUT2D eigenvalue weighted by Crippen LogP contribution is 2.36. The first-order valence-corrected chi connectivity index (χ1v) is 6.54. The molecule has 1 aromatic rings. The summed E-state index contributed by atoms with van der Waals surface area (Å²) < 4.78 is 49.6. The zero-order valence-electron chi connectivity index (χ0n) is 11.4. The minimum absolute atomic E-state index is 0.0413. The number of hydrogen-bond acceptors (Lipinski definition) is 3. The summed E-state index contributed by atoms with van der Waals surface area (Å²) in [6, 6.07) is 3.65. The van der Waals surface area contributed by atoms with Gasteiger partial charge < -0.3 is 15.2 Å². The number of nitrogens with two attached hydrogens (primary N) is 1. The highest BCUT2D eigenvalue weighted by molar-refractivity contribution is 5.52. The van der Waals surface area contributed by atoms with Gasteiger partial charge in [0.15, 0.2) is 0 Å². The Morgan fingerprint density at radius 2 is 1.80 bits per heavy atom. The number of rotatable bonds is 2. The molecule has 2 rings (SSSR count). The molecule has 1 aliphatic rings. The average molecular weight is 289 g/mol. The van der Waals surface area contributed by atoms with Crippen LogP contribution in [-0.4, -0.2) is 18.3 Å². The van der Waals surface area contributed by atoms with Crippen LogP contribution in [0.4, 0.5) is 18.9 Å². The van der Waals surface area contributed by atoms with Gasteiger partial charge in [-0.05, 0) is 32.0 Å². The monoisotopic (exact) mass is 289 g/mol. The second kappa shape index (κ2) is 5.52. The lowest BCUT2D eigenvalue weighted by Gasteiger charge is -2.32. The second-order valence-corrected chi connectivity index (χ2v) is 5.22. The lowest BCUT2D eigenvalue weighted by Crippen LogP contribution is -2.35. The fourth-order valence-corrected chi connectivity index (χ4v) is 2.49. The summed E-state index contributed by atoms with van der Waals surface area (Å²) in [7, 11) is 0. The van der Waals surface area contributed by atoms with Crippen LogP contribution in [0.3, 0.4) is 0 Å². The summed E-state index contributed by atoms with van der Waals surface area (Å²) in [6.45, 7) is 3.85. The van der Waals surface area contributed by atoms with E-state index in [4.69, 9.17) is 15.2 Å². The molecule has 0 spiro atoms. The van der Waals surface area contributed by atoms with E-state index in [1.54, 1.807) is 0 Å². The number of benzene rings is 1. The molecule has 112 valence electrons. The van der Waals surface area contributed by atoms with E-state index >= 15 is 0 Å². The largest absolute Gasteiger partial charge is 0.490 e.